The van der Waals surface area contributed by atoms with Crippen LogP contribution >= 0.6 is 0 Å². The van der Waals surface area contributed by atoms with Crippen LogP contribution in [0.25, 0.3) is 0 Å². The number of aryl methyl sites for hydroxylation is 1. The van der Waals surface area contributed by atoms with Crippen LogP contribution in [0.1, 0.15) is 29.5 Å². The summed E-state index contributed by atoms with van der Waals surface area (Å²) in [7, 11) is 0. The Morgan fingerprint density at radius 1 is 1.04 bits per heavy atom. The van der Waals surface area contributed by atoms with Crippen LogP contribution in [0.4, 0.5) is 0 Å². The topological polar surface area (TPSA) is 53.0 Å². The molecule has 0 aromatic heterocycles. The molecule has 0 unspecified atom stereocenters. The maximum Gasteiger partial charge on any atom is 0.249 e. The number of nitrogens with zero attached hydrogens (tertiary/aromatic N) is 2. The molecule has 0 saturated carbocycles. The normalized spacial score (nSPS) is 23.3. The van der Waals surface area contributed by atoms with Gasteiger partial charge in [-0.25, -0.2) is 0 Å². The summed E-state index contributed by atoms with van der Waals surface area (Å²) in [6.07, 6.45) is 1.95. The molecule has 2 saturated heterocycles. The zero-order valence-corrected chi connectivity index (χ0v) is 16.4. The molecule has 148 valence electrons. The van der Waals surface area contributed by atoms with Gasteiger partial charge in [-0.3, -0.25) is 9.69 Å². The average Bonchev–Trinajstić information content (AvgIpc) is 2.88. The Balaban J connectivity index is 1.44. The molecule has 28 heavy (non-hydrogen) atoms. The van der Waals surface area contributed by atoms with Crippen molar-refractivity contribution in [1.29, 1.82) is 0 Å². The van der Waals surface area contributed by atoms with Crippen molar-refractivity contribution in [3.05, 3.63) is 65.2 Å². The lowest BCUT2D eigenvalue weighted by atomic mass is 10.0. The van der Waals surface area contributed by atoms with E-state index in [1.807, 2.05) is 17.0 Å². The number of likely N-dealkylation sites (tertiary alicyclic amines) is 1. The predicted molar refractivity (Wildman–Crippen MR) is 108 cm³/mol. The Morgan fingerprint density at radius 2 is 1.82 bits per heavy atom. The van der Waals surface area contributed by atoms with Gasteiger partial charge in [0.2, 0.25) is 5.91 Å². The molecule has 2 aromatic rings. The van der Waals surface area contributed by atoms with Gasteiger partial charge in [0.05, 0.1) is 12.1 Å². The van der Waals surface area contributed by atoms with Crippen LogP contribution < -0.4 is 0 Å². The fraction of sp³-hybridized carbons (Fsp3) is 0.435. The number of rotatable bonds is 4. The molecule has 4 rings (SSSR count). The highest BCUT2D eigenvalue weighted by Gasteiger charge is 2.38. The fourth-order valence-electron chi connectivity index (χ4n) is 4.34. The van der Waals surface area contributed by atoms with E-state index in [0.717, 1.165) is 38.0 Å². The molecular formula is C23H28N2O3. The lowest BCUT2D eigenvalue weighted by molar-refractivity contribution is -0.158. The van der Waals surface area contributed by atoms with Crippen LogP contribution in [0.2, 0.25) is 0 Å². The Hall–Kier alpha value is -2.37. The van der Waals surface area contributed by atoms with Crippen LogP contribution in [0, 0.1) is 6.92 Å². The summed E-state index contributed by atoms with van der Waals surface area (Å²) in [4.78, 5) is 17.0. The molecule has 0 radical (unpaired) electrons. The molecule has 1 N–H and O–H groups in total. The van der Waals surface area contributed by atoms with Gasteiger partial charge < -0.3 is 14.7 Å². The van der Waals surface area contributed by atoms with Crippen molar-refractivity contribution >= 4 is 5.91 Å². The van der Waals surface area contributed by atoms with E-state index in [9.17, 15) is 9.90 Å². The Labute approximate surface area is 166 Å². The molecular weight excluding hydrogens is 352 g/mol. The summed E-state index contributed by atoms with van der Waals surface area (Å²) in [5, 5.41) is 9.50. The van der Waals surface area contributed by atoms with Gasteiger partial charge >= 0.3 is 0 Å². The second kappa shape index (κ2) is 8.33. The Morgan fingerprint density at radius 3 is 2.61 bits per heavy atom. The third-order valence-corrected chi connectivity index (χ3v) is 5.82. The second-order valence-electron chi connectivity index (χ2n) is 7.95. The monoisotopic (exact) mass is 380 g/mol. The first kappa shape index (κ1) is 19.0. The molecule has 2 aromatic carbocycles. The smallest absolute Gasteiger partial charge is 0.249 e. The number of hydrogen-bond donors (Lipinski definition) is 1. The fourth-order valence-corrected chi connectivity index (χ4v) is 4.34. The zero-order chi connectivity index (χ0) is 19.5. The second-order valence-corrected chi connectivity index (χ2v) is 7.95. The van der Waals surface area contributed by atoms with Gasteiger partial charge in [0.15, 0.2) is 0 Å². The molecule has 5 heteroatoms. The molecule has 2 atom stereocenters. The van der Waals surface area contributed by atoms with E-state index in [-0.39, 0.29) is 30.4 Å². The van der Waals surface area contributed by atoms with Crippen LogP contribution in [-0.2, 0) is 22.6 Å². The Bertz CT molecular complexity index is 821. The maximum atomic E-state index is 12.6. The van der Waals surface area contributed by atoms with Crippen molar-refractivity contribution < 1.29 is 14.6 Å². The first-order chi connectivity index (χ1) is 13.6. The van der Waals surface area contributed by atoms with E-state index in [2.05, 4.69) is 36.1 Å². The van der Waals surface area contributed by atoms with Crippen molar-refractivity contribution in [3.8, 4) is 5.75 Å². The van der Waals surface area contributed by atoms with E-state index < -0.39 is 0 Å². The Kier molecular flexibility index (Phi) is 5.64. The minimum Gasteiger partial charge on any atom is -0.508 e. The molecule has 0 aliphatic carbocycles. The number of carbonyl (C=O) groups excluding carboxylic acids is 1. The van der Waals surface area contributed by atoms with Crippen LogP contribution in [0.3, 0.4) is 0 Å². The number of phenols is 1. The summed E-state index contributed by atoms with van der Waals surface area (Å²) < 4.78 is 5.92. The first-order valence-corrected chi connectivity index (χ1v) is 10.1. The quantitative estimate of drug-likeness (QED) is 0.886. The number of aromatic hydroxyl groups is 1. The highest BCUT2D eigenvalue weighted by molar-refractivity contribution is 5.78. The molecule has 2 aliphatic rings. The van der Waals surface area contributed by atoms with E-state index >= 15 is 0 Å². The standard InChI is InChI=1S/C23H28N2O3/c1-17-3-2-4-19(13-17)14-24-11-9-21-22(10-12-24)28-16-23(27)25(21)15-18-5-7-20(26)8-6-18/h2-8,13,21-22,26H,9-12,14-16H2,1H3/t21-,22-/m0/s1. The molecule has 0 spiro atoms. The average molecular weight is 380 g/mol. The lowest BCUT2D eigenvalue weighted by Gasteiger charge is -2.40. The highest BCUT2D eigenvalue weighted by Crippen LogP contribution is 2.27. The van der Waals surface area contributed by atoms with Crippen LogP contribution in [-0.4, -0.2) is 52.7 Å². The third-order valence-electron chi connectivity index (χ3n) is 5.82. The number of fused-ring (bicyclic) bond motifs is 1. The summed E-state index contributed by atoms with van der Waals surface area (Å²) in [6.45, 7) is 5.74. The van der Waals surface area contributed by atoms with E-state index in [1.54, 1.807) is 12.1 Å². The summed E-state index contributed by atoms with van der Waals surface area (Å²) in [6, 6.07) is 15.9. The molecule has 2 fully saturated rings. The summed E-state index contributed by atoms with van der Waals surface area (Å²) in [5.74, 6) is 0.303. The van der Waals surface area contributed by atoms with Gasteiger partial charge in [-0.05, 0) is 43.0 Å². The van der Waals surface area contributed by atoms with E-state index in [0.29, 0.717) is 6.54 Å². The number of ether oxygens (including phenoxy) is 1. The van der Waals surface area contributed by atoms with E-state index in [1.165, 1.54) is 11.1 Å². The first-order valence-electron chi connectivity index (χ1n) is 10.1. The highest BCUT2D eigenvalue weighted by atomic mass is 16.5. The van der Waals surface area contributed by atoms with Crippen molar-refractivity contribution in [1.82, 2.24) is 9.80 Å². The molecule has 0 bridgehead atoms. The number of benzene rings is 2. The van der Waals surface area contributed by atoms with Crippen molar-refractivity contribution in [2.45, 2.75) is 45.0 Å². The van der Waals surface area contributed by atoms with Crippen molar-refractivity contribution in [2.24, 2.45) is 0 Å². The summed E-state index contributed by atoms with van der Waals surface area (Å²) in [5.41, 5.74) is 3.66. The summed E-state index contributed by atoms with van der Waals surface area (Å²) >= 11 is 0. The van der Waals surface area contributed by atoms with Crippen molar-refractivity contribution in [3.63, 3.8) is 0 Å². The third kappa shape index (κ3) is 4.37. The molecule has 5 nitrogen and oxygen atoms in total. The number of phenolic OH excluding ortho intramolecular Hbond substituents is 1. The van der Waals surface area contributed by atoms with Crippen LogP contribution in [0.5, 0.6) is 5.75 Å². The van der Waals surface area contributed by atoms with Crippen molar-refractivity contribution in [2.75, 3.05) is 19.7 Å². The number of amides is 1. The largest absolute Gasteiger partial charge is 0.508 e. The molecule has 2 heterocycles. The zero-order valence-electron chi connectivity index (χ0n) is 16.4. The van der Waals surface area contributed by atoms with Gasteiger partial charge in [-0.2, -0.15) is 0 Å². The van der Waals surface area contributed by atoms with Gasteiger partial charge in [0.1, 0.15) is 12.4 Å². The number of morpholine rings is 1. The lowest BCUT2D eigenvalue weighted by Crippen LogP contribution is -2.53. The SMILES string of the molecule is Cc1cccc(CN2CC[C@@H]3OCC(=O)N(Cc4ccc(O)cc4)[C@H]3CC2)c1. The molecule has 2 aliphatic heterocycles. The minimum absolute atomic E-state index is 0.0569. The number of carbonyl (C=O) groups is 1. The van der Waals surface area contributed by atoms with Gasteiger partial charge in [0.25, 0.3) is 0 Å². The van der Waals surface area contributed by atoms with Crippen LogP contribution in [0.15, 0.2) is 48.5 Å². The van der Waals surface area contributed by atoms with Gasteiger partial charge in [-0.15, -0.1) is 0 Å². The molecule has 1 amide bonds. The number of hydrogen-bond acceptors (Lipinski definition) is 4. The minimum atomic E-state index is 0.0569. The predicted octanol–water partition coefficient (Wildman–Crippen LogP) is 3.09. The van der Waals surface area contributed by atoms with Gasteiger partial charge in [-0.1, -0.05) is 42.0 Å². The maximum absolute atomic E-state index is 12.6. The van der Waals surface area contributed by atoms with E-state index in [4.69, 9.17) is 4.74 Å². The van der Waals surface area contributed by atoms with Gasteiger partial charge in [0, 0.05) is 26.2 Å².